The van der Waals surface area contributed by atoms with Gasteiger partial charge in [-0.1, -0.05) is 6.92 Å². The van der Waals surface area contributed by atoms with Gasteiger partial charge in [0.05, 0.1) is 6.54 Å². The van der Waals surface area contributed by atoms with Crippen molar-refractivity contribution in [1.29, 1.82) is 0 Å². The van der Waals surface area contributed by atoms with E-state index in [1.165, 1.54) is 4.88 Å². The molecule has 86 valence electrons. The number of nitrogens with zero attached hydrogens (tertiary/aromatic N) is 3. The Hall–Kier alpha value is -1.01. The highest BCUT2D eigenvalue weighted by atomic mass is 32.1. The second-order valence-corrected chi connectivity index (χ2v) is 5.35. The number of aryl methyl sites for hydroxylation is 2. The van der Waals surface area contributed by atoms with Gasteiger partial charge in [0.25, 0.3) is 0 Å². The van der Waals surface area contributed by atoms with E-state index in [0.29, 0.717) is 4.77 Å². The summed E-state index contributed by atoms with van der Waals surface area (Å²) in [6.45, 7) is 4.92. The van der Waals surface area contributed by atoms with Crippen LogP contribution >= 0.6 is 23.6 Å². The maximum atomic E-state index is 5.21. The van der Waals surface area contributed by atoms with Crippen molar-refractivity contribution < 1.29 is 0 Å². The zero-order valence-corrected chi connectivity index (χ0v) is 11.0. The summed E-state index contributed by atoms with van der Waals surface area (Å²) in [5, 5.41) is 8.15. The van der Waals surface area contributed by atoms with E-state index in [0.717, 1.165) is 30.2 Å². The molecule has 0 aliphatic heterocycles. The van der Waals surface area contributed by atoms with E-state index in [-0.39, 0.29) is 0 Å². The minimum absolute atomic E-state index is 0.677. The Kier molecular flexibility index (Phi) is 3.50. The van der Waals surface area contributed by atoms with Crippen LogP contribution in [-0.2, 0) is 13.0 Å². The van der Waals surface area contributed by atoms with Crippen LogP contribution in [0.3, 0.4) is 0 Å². The van der Waals surface area contributed by atoms with Gasteiger partial charge in [-0.25, -0.2) is 4.98 Å². The highest BCUT2D eigenvalue weighted by molar-refractivity contribution is 7.71. The molecular formula is C10H14N4S2. The van der Waals surface area contributed by atoms with E-state index >= 15 is 0 Å². The number of rotatable bonds is 4. The summed E-state index contributed by atoms with van der Waals surface area (Å²) < 4.78 is 2.70. The van der Waals surface area contributed by atoms with Crippen molar-refractivity contribution in [2.45, 2.75) is 33.2 Å². The third-order valence-corrected chi connectivity index (χ3v) is 3.48. The van der Waals surface area contributed by atoms with Gasteiger partial charge in [0.15, 0.2) is 4.77 Å². The van der Waals surface area contributed by atoms with E-state index in [9.17, 15) is 0 Å². The summed E-state index contributed by atoms with van der Waals surface area (Å²) in [5.74, 6) is 1.01. The van der Waals surface area contributed by atoms with Gasteiger partial charge in [-0.05, 0) is 25.6 Å². The quantitative estimate of drug-likeness (QED) is 0.853. The van der Waals surface area contributed by atoms with Gasteiger partial charge in [-0.2, -0.15) is 5.10 Å². The predicted molar refractivity (Wildman–Crippen MR) is 67.4 cm³/mol. The molecule has 2 aromatic heterocycles. The molecule has 0 bridgehead atoms. The lowest BCUT2D eigenvalue weighted by atomic mass is 10.3. The third-order valence-electron chi connectivity index (χ3n) is 2.27. The van der Waals surface area contributed by atoms with Crippen LogP contribution in [0.25, 0.3) is 0 Å². The third kappa shape index (κ3) is 2.38. The first-order valence-corrected chi connectivity index (χ1v) is 6.48. The van der Waals surface area contributed by atoms with Gasteiger partial charge in [-0.3, -0.25) is 9.67 Å². The molecule has 0 aliphatic rings. The van der Waals surface area contributed by atoms with Crippen molar-refractivity contribution in [2.75, 3.05) is 0 Å². The number of thiazole rings is 1. The number of hydrogen-bond acceptors (Lipinski definition) is 4. The molecule has 0 saturated carbocycles. The monoisotopic (exact) mass is 254 g/mol. The smallest absolute Gasteiger partial charge is 0.195 e. The van der Waals surface area contributed by atoms with E-state index < -0.39 is 0 Å². The Morgan fingerprint density at radius 2 is 2.38 bits per heavy atom. The van der Waals surface area contributed by atoms with Crippen LogP contribution in [0.1, 0.15) is 29.1 Å². The van der Waals surface area contributed by atoms with Crippen LogP contribution in [0.5, 0.6) is 0 Å². The predicted octanol–water partition coefficient (Wildman–Crippen LogP) is 2.71. The van der Waals surface area contributed by atoms with Gasteiger partial charge in [0.2, 0.25) is 0 Å². The molecule has 2 heterocycles. The molecule has 0 saturated heterocycles. The second kappa shape index (κ2) is 4.88. The number of hydrogen-bond donors (Lipinski definition) is 1. The molecule has 0 atom stereocenters. The molecule has 2 rings (SSSR count). The van der Waals surface area contributed by atoms with Crippen LogP contribution < -0.4 is 0 Å². The van der Waals surface area contributed by atoms with Crippen LogP contribution in [0.4, 0.5) is 0 Å². The minimum Gasteiger partial charge on any atom is -0.297 e. The zero-order chi connectivity index (χ0) is 11.5. The van der Waals surface area contributed by atoms with E-state index in [2.05, 4.69) is 29.0 Å². The summed E-state index contributed by atoms with van der Waals surface area (Å²) in [6.07, 6.45) is 3.90. The highest BCUT2D eigenvalue weighted by Gasteiger charge is 2.07. The number of nitrogens with one attached hydrogen (secondary N) is 1. The highest BCUT2D eigenvalue weighted by Crippen LogP contribution is 2.14. The fraction of sp³-hybridized carbons (Fsp3) is 0.500. The summed E-state index contributed by atoms with van der Waals surface area (Å²) in [6, 6.07) is 0. The van der Waals surface area contributed by atoms with Gasteiger partial charge in [-0.15, -0.1) is 11.3 Å². The fourth-order valence-electron chi connectivity index (χ4n) is 1.54. The normalized spacial score (nSPS) is 10.9. The minimum atomic E-state index is 0.677. The molecule has 2 aromatic rings. The number of aromatic nitrogens is 4. The molecule has 4 nitrogen and oxygen atoms in total. The van der Waals surface area contributed by atoms with Gasteiger partial charge >= 0.3 is 0 Å². The molecule has 0 fully saturated rings. The Morgan fingerprint density at radius 3 is 3.00 bits per heavy atom. The molecule has 6 heteroatoms. The first-order valence-electron chi connectivity index (χ1n) is 5.26. The topological polar surface area (TPSA) is 46.5 Å². The Balaban J connectivity index is 2.26. The first kappa shape index (κ1) is 11.5. The SMILES string of the molecule is CCCc1n[nH]c(=S)n1Cc1ncc(C)s1. The van der Waals surface area contributed by atoms with Gasteiger partial charge < -0.3 is 0 Å². The van der Waals surface area contributed by atoms with Crippen LogP contribution in [0, 0.1) is 11.7 Å². The first-order chi connectivity index (χ1) is 7.70. The van der Waals surface area contributed by atoms with E-state index in [4.69, 9.17) is 12.2 Å². The molecule has 0 radical (unpaired) electrons. The van der Waals surface area contributed by atoms with Gasteiger partial charge in [0.1, 0.15) is 10.8 Å². The average Bonchev–Trinajstić information content (AvgIpc) is 2.79. The molecule has 0 spiro atoms. The summed E-state index contributed by atoms with van der Waals surface area (Å²) in [5.41, 5.74) is 0. The Morgan fingerprint density at radius 1 is 1.56 bits per heavy atom. The summed E-state index contributed by atoms with van der Waals surface area (Å²) >= 11 is 6.92. The van der Waals surface area contributed by atoms with Crippen LogP contribution in [0.2, 0.25) is 0 Å². The maximum Gasteiger partial charge on any atom is 0.195 e. The van der Waals surface area contributed by atoms with Crippen molar-refractivity contribution in [2.24, 2.45) is 0 Å². The van der Waals surface area contributed by atoms with Crippen molar-refractivity contribution in [3.05, 3.63) is 26.7 Å². The Labute approximate surface area is 103 Å². The molecular weight excluding hydrogens is 240 g/mol. The van der Waals surface area contributed by atoms with E-state index in [1.54, 1.807) is 11.3 Å². The Bertz CT molecular complexity index is 523. The van der Waals surface area contributed by atoms with Crippen LogP contribution in [-0.4, -0.2) is 19.7 Å². The summed E-state index contributed by atoms with van der Waals surface area (Å²) in [7, 11) is 0. The lowest BCUT2D eigenvalue weighted by Crippen LogP contribution is -2.05. The lowest BCUT2D eigenvalue weighted by molar-refractivity contribution is 0.696. The van der Waals surface area contributed by atoms with Crippen molar-refractivity contribution in [1.82, 2.24) is 19.7 Å². The molecule has 0 aliphatic carbocycles. The molecule has 1 N–H and O–H groups in total. The molecule has 16 heavy (non-hydrogen) atoms. The van der Waals surface area contributed by atoms with E-state index in [1.807, 2.05) is 10.8 Å². The molecule has 0 amide bonds. The van der Waals surface area contributed by atoms with Crippen LogP contribution in [0.15, 0.2) is 6.20 Å². The van der Waals surface area contributed by atoms with Gasteiger partial charge in [0, 0.05) is 17.5 Å². The molecule has 0 unspecified atom stereocenters. The number of H-pyrrole nitrogens is 1. The fourth-order valence-corrected chi connectivity index (χ4v) is 2.53. The summed E-state index contributed by atoms with van der Waals surface area (Å²) in [4.78, 5) is 5.57. The maximum absolute atomic E-state index is 5.21. The lowest BCUT2D eigenvalue weighted by Gasteiger charge is -2.02. The average molecular weight is 254 g/mol. The largest absolute Gasteiger partial charge is 0.297 e. The number of aromatic amines is 1. The van der Waals surface area contributed by atoms with Crippen molar-refractivity contribution in [3.8, 4) is 0 Å². The zero-order valence-electron chi connectivity index (χ0n) is 9.36. The standard InChI is InChI=1S/C10H14N4S2/c1-3-4-8-12-13-10(15)14(8)6-9-11-5-7(2)16-9/h5H,3-4,6H2,1-2H3,(H,13,15). The second-order valence-electron chi connectivity index (χ2n) is 3.65. The van der Waals surface area contributed by atoms with Crippen molar-refractivity contribution in [3.63, 3.8) is 0 Å². The molecule has 0 aromatic carbocycles. The van der Waals surface area contributed by atoms with Crippen molar-refractivity contribution >= 4 is 23.6 Å².